The molecule has 0 bridgehead atoms. The van der Waals surface area contributed by atoms with Crippen molar-refractivity contribution in [3.05, 3.63) is 40.3 Å². The van der Waals surface area contributed by atoms with E-state index < -0.39 is 0 Å². The molecule has 0 atom stereocenters. The lowest BCUT2D eigenvalue weighted by Crippen LogP contribution is -2.04. The number of pyridine rings is 1. The van der Waals surface area contributed by atoms with E-state index in [-0.39, 0.29) is 11.3 Å². The molecule has 0 amide bonds. The fraction of sp³-hybridized carbons (Fsp3) is 0.100. The molecule has 66 valence electrons. The van der Waals surface area contributed by atoms with Gasteiger partial charge in [0, 0.05) is 6.20 Å². The molecule has 3 heteroatoms. The van der Waals surface area contributed by atoms with Gasteiger partial charge in [-0.2, -0.15) is 0 Å². The van der Waals surface area contributed by atoms with Gasteiger partial charge in [0.15, 0.2) is 0 Å². The molecule has 1 aromatic heterocycles. The first-order chi connectivity index (χ1) is 6.18. The zero-order valence-electron chi connectivity index (χ0n) is 7.16. The number of hydrogen-bond donors (Lipinski definition) is 2. The van der Waals surface area contributed by atoms with Gasteiger partial charge < -0.3 is 10.1 Å². The van der Waals surface area contributed by atoms with E-state index in [9.17, 15) is 9.90 Å². The first kappa shape index (κ1) is 7.86. The van der Waals surface area contributed by atoms with Crippen LogP contribution in [-0.4, -0.2) is 10.1 Å². The Labute approximate surface area is 74.7 Å². The number of rotatable bonds is 0. The van der Waals surface area contributed by atoms with Crippen LogP contribution in [0.5, 0.6) is 5.75 Å². The largest absolute Gasteiger partial charge is 0.508 e. The van der Waals surface area contributed by atoms with Gasteiger partial charge in [-0.1, -0.05) is 0 Å². The number of phenols is 1. The molecule has 0 aliphatic rings. The lowest BCUT2D eigenvalue weighted by Gasteiger charge is -2.00. The smallest absolute Gasteiger partial charge is 0.255 e. The number of H-pyrrole nitrogens is 1. The average Bonchev–Trinajstić information content (AvgIpc) is 2.09. The molecule has 0 spiro atoms. The predicted octanol–water partition coefficient (Wildman–Crippen LogP) is 1.54. The number of nitrogens with one attached hydrogen (secondary N) is 1. The summed E-state index contributed by atoms with van der Waals surface area (Å²) in [6.07, 6.45) is 1.60. The molecule has 0 aliphatic carbocycles. The van der Waals surface area contributed by atoms with Crippen LogP contribution >= 0.6 is 0 Å². The zero-order valence-corrected chi connectivity index (χ0v) is 7.16. The molecule has 0 radical (unpaired) electrons. The Balaban J connectivity index is 2.97. The third kappa shape index (κ3) is 1.18. The standard InChI is InChI=1S/C10H9NO2/c1-6-4-7-2-3-11-10(13)8(7)5-9(6)12/h2-5,12H,1H3,(H,11,13). The third-order valence-electron chi connectivity index (χ3n) is 2.09. The second-order valence-electron chi connectivity index (χ2n) is 3.03. The van der Waals surface area contributed by atoms with Crippen molar-refractivity contribution in [3.8, 4) is 5.75 Å². The Kier molecular flexibility index (Phi) is 1.59. The molecule has 0 aliphatic heterocycles. The number of benzene rings is 1. The van der Waals surface area contributed by atoms with E-state index in [0.29, 0.717) is 5.39 Å². The highest BCUT2D eigenvalue weighted by molar-refractivity contribution is 5.83. The topological polar surface area (TPSA) is 53.1 Å². The van der Waals surface area contributed by atoms with Crippen molar-refractivity contribution in [1.29, 1.82) is 0 Å². The SMILES string of the molecule is Cc1cc2cc[nH]c(=O)c2cc1O. The Morgan fingerprint density at radius 2 is 2.15 bits per heavy atom. The summed E-state index contributed by atoms with van der Waals surface area (Å²) in [6, 6.07) is 5.09. The monoisotopic (exact) mass is 175 g/mol. The van der Waals surface area contributed by atoms with Crippen LogP contribution in [0.1, 0.15) is 5.56 Å². The van der Waals surface area contributed by atoms with Crippen molar-refractivity contribution in [2.45, 2.75) is 6.92 Å². The molecule has 0 saturated heterocycles. The van der Waals surface area contributed by atoms with Crippen LogP contribution in [0.2, 0.25) is 0 Å². The van der Waals surface area contributed by atoms with E-state index in [2.05, 4.69) is 4.98 Å². The molecule has 1 heterocycles. The highest BCUT2D eigenvalue weighted by Crippen LogP contribution is 2.21. The van der Waals surface area contributed by atoms with Gasteiger partial charge in [0.2, 0.25) is 0 Å². The van der Waals surface area contributed by atoms with E-state index in [4.69, 9.17) is 0 Å². The highest BCUT2D eigenvalue weighted by Gasteiger charge is 2.01. The molecule has 1 aromatic carbocycles. The summed E-state index contributed by atoms with van der Waals surface area (Å²) >= 11 is 0. The van der Waals surface area contributed by atoms with Crippen LogP contribution in [0.3, 0.4) is 0 Å². The molecule has 0 unspecified atom stereocenters. The number of phenolic OH excluding ortho intramolecular Hbond substituents is 1. The lowest BCUT2D eigenvalue weighted by molar-refractivity contribution is 0.472. The van der Waals surface area contributed by atoms with E-state index in [0.717, 1.165) is 10.9 Å². The highest BCUT2D eigenvalue weighted by atomic mass is 16.3. The first-order valence-corrected chi connectivity index (χ1v) is 3.99. The van der Waals surface area contributed by atoms with Gasteiger partial charge in [-0.3, -0.25) is 4.79 Å². The van der Waals surface area contributed by atoms with Crippen LogP contribution in [0, 0.1) is 6.92 Å². The van der Waals surface area contributed by atoms with Crippen LogP contribution in [0.25, 0.3) is 10.8 Å². The minimum Gasteiger partial charge on any atom is -0.508 e. The van der Waals surface area contributed by atoms with E-state index in [1.54, 1.807) is 19.2 Å². The first-order valence-electron chi connectivity index (χ1n) is 3.99. The normalized spacial score (nSPS) is 10.5. The van der Waals surface area contributed by atoms with Gasteiger partial charge in [-0.15, -0.1) is 0 Å². The van der Waals surface area contributed by atoms with Crippen molar-refractivity contribution in [2.24, 2.45) is 0 Å². The van der Waals surface area contributed by atoms with Crippen LogP contribution in [0.15, 0.2) is 29.2 Å². The maximum Gasteiger partial charge on any atom is 0.255 e. The second kappa shape index (κ2) is 2.62. The van der Waals surface area contributed by atoms with Crippen LogP contribution in [0.4, 0.5) is 0 Å². The number of fused-ring (bicyclic) bond motifs is 1. The van der Waals surface area contributed by atoms with Crippen molar-refractivity contribution < 1.29 is 5.11 Å². The Hall–Kier alpha value is -1.77. The molecular weight excluding hydrogens is 166 g/mol. The van der Waals surface area contributed by atoms with Gasteiger partial charge >= 0.3 is 0 Å². The second-order valence-corrected chi connectivity index (χ2v) is 3.03. The number of aromatic hydroxyl groups is 1. The Bertz CT molecular complexity index is 514. The summed E-state index contributed by atoms with van der Waals surface area (Å²) in [5.74, 6) is 0.157. The fourth-order valence-corrected chi connectivity index (χ4v) is 1.34. The summed E-state index contributed by atoms with van der Waals surface area (Å²) in [4.78, 5) is 13.8. The predicted molar refractivity (Wildman–Crippen MR) is 51.0 cm³/mol. The summed E-state index contributed by atoms with van der Waals surface area (Å²) in [5.41, 5.74) is 0.603. The van der Waals surface area contributed by atoms with E-state index >= 15 is 0 Å². The summed E-state index contributed by atoms with van der Waals surface area (Å²) in [5, 5.41) is 10.8. The molecule has 3 nitrogen and oxygen atoms in total. The zero-order chi connectivity index (χ0) is 9.42. The van der Waals surface area contributed by atoms with Crippen molar-refractivity contribution in [2.75, 3.05) is 0 Å². The Morgan fingerprint density at radius 3 is 2.92 bits per heavy atom. The maximum absolute atomic E-state index is 11.3. The van der Waals surface area contributed by atoms with Crippen LogP contribution < -0.4 is 5.56 Å². The number of hydrogen-bond acceptors (Lipinski definition) is 2. The van der Waals surface area contributed by atoms with E-state index in [1.165, 1.54) is 6.07 Å². The maximum atomic E-state index is 11.3. The molecule has 13 heavy (non-hydrogen) atoms. The van der Waals surface area contributed by atoms with Crippen molar-refractivity contribution in [1.82, 2.24) is 4.98 Å². The number of aromatic nitrogens is 1. The lowest BCUT2D eigenvalue weighted by atomic mass is 10.1. The Morgan fingerprint density at radius 1 is 1.38 bits per heavy atom. The molecule has 0 saturated carbocycles. The van der Waals surface area contributed by atoms with Crippen molar-refractivity contribution in [3.63, 3.8) is 0 Å². The fourth-order valence-electron chi connectivity index (χ4n) is 1.34. The molecule has 2 aromatic rings. The number of aromatic amines is 1. The van der Waals surface area contributed by atoms with Crippen molar-refractivity contribution >= 4 is 10.8 Å². The van der Waals surface area contributed by atoms with Crippen LogP contribution in [-0.2, 0) is 0 Å². The molecular formula is C10H9NO2. The van der Waals surface area contributed by atoms with E-state index in [1.807, 2.05) is 6.07 Å². The molecule has 2 rings (SSSR count). The summed E-state index contributed by atoms with van der Waals surface area (Å²) in [7, 11) is 0. The third-order valence-corrected chi connectivity index (χ3v) is 2.09. The van der Waals surface area contributed by atoms with Gasteiger partial charge in [0.05, 0.1) is 5.39 Å². The quantitative estimate of drug-likeness (QED) is 0.638. The molecule has 0 fully saturated rings. The minimum absolute atomic E-state index is 0.157. The van der Waals surface area contributed by atoms with Gasteiger partial charge in [-0.25, -0.2) is 0 Å². The average molecular weight is 175 g/mol. The summed E-state index contributed by atoms with van der Waals surface area (Å²) in [6.45, 7) is 1.80. The minimum atomic E-state index is -0.173. The number of aryl methyl sites for hydroxylation is 1. The summed E-state index contributed by atoms with van der Waals surface area (Å²) < 4.78 is 0. The van der Waals surface area contributed by atoms with Gasteiger partial charge in [0.25, 0.3) is 5.56 Å². The van der Waals surface area contributed by atoms with Gasteiger partial charge in [-0.05, 0) is 36.1 Å². The van der Waals surface area contributed by atoms with Gasteiger partial charge in [0.1, 0.15) is 5.75 Å². The molecule has 2 N–H and O–H groups in total.